The molecule has 0 aliphatic heterocycles. The first-order valence-corrected chi connectivity index (χ1v) is 22.4. The van der Waals surface area contributed by atoms with Crippen LogP contribution in [-0.2, 0) is 11.2 Å². The fourth-order valence-corrected chi connectivity index (χ4v) is 10.3. The van der Waals surface area contributed by atoms with Crippen molar-refractivity contribution < 1.29 is 9.47 Å². The van der Waals surface area contributed by atoms with Crippen LogP contribution in [-0.4, -0.2) is 32.4 Å². The minimum atomic E-state index is 0.456. The summed E-state index contributed by atoms with van der Waals surface area (Å²) in [5.74, 6) is 6.20. The van der Waals surface area contributed by atoms with Crippen LogP contribution >= 0.6 is 0 Å². The molecule has 6 unspecified atom stereocenters. The molecular formula is C46H82N2O2. The Morgan fingerprint density at radius 3 is 2.20 bits per heavy atom. The van der Waals surface area contributed by atoms with Gasteiger partial charge in [0.15, 0.2) is 0 Å². The number of hydrogen-bond acceptors (Lipinski definition) is 4. The molecule has 50 heavy (non-hydrogen) atoms. The Balaban J connectivity index is 1.42. The Morgan fingerprint density at radius 1 is 0.640 bits per heavy atom. The van der Waals surface area contributed by atoms with Crippen molar-refractivity contribution in [2.24, 2.45) is 41.1 Å². The van der Waals surface area contributed by atoms with E-state index in [-0.39, 0.29) is 0 Å². The van der Waals surface area contributed by atoms with Gasteiger partial charge in [0.1, 0.15) is 5.75 Å². The van der Waals surface area contributed by atoms with Gasteiger partial charge in [-0.3, -0.25) is 0 Å². The van der Waals surface area contributed by atoms with Crippen LogP contribution in [0.1, 0.15) is 198 Å². The summed E-state index contributed by atoms with van der Waals surface area (Å²) < 4.78 is 12.8. The maximum atomic E-state index is 6.58. The molecule has 4 nitrogen and oxygen atoms in total. The third kappa shape index (κ3) is 15.5. The van der Waals surface area contributed by atoms with Gasteiger partial charge in [0, 0.05) is 6.61 Å². The van der Waals surface area contributed by atoms with E-state index >= 15 is 0 Å². The smallest absolute Gasteiger partial charge is 0.119 e. The number of nitrogens with two attached hydrogens (primary N) is 2. The number of ether oxygens (including phenoxy) is 2. The number of hydrogen-bond donors (Lipinski definition) is 2. The third-order valence-corrected chi connectivity index (χ3v) is 13.2. The Bertz CT molecular complexity index is 946. The SMILES string of the molecule is CCCCCc1cc(OCCCN)cc(C2CCCC(CCC(CCCC3CCCCC3)C3CC(CCCCC)CC(OCCCN)C3)C2)c1. The van der Waals surface area contributed by atoms with Gasteiger partial charge >= 0.3 is 0 Å². The molecule has 3 saturated carbocycles. The molecule has 4 N–H and O–H groups in total. The summed E-state index contributed by atoms with van der Waals surface area (Å²) in [4.78, 5) is 0. The van der Waals surface area contributed by atoms with Gasteiger partial charge in [-0.25, -0.2) is 0 Å². The quantitative estimate of drug-likeness (QED) is 0.1000. The molecule has 1 aromatic carbocycles. The zero-order valence-electron chi connectivity index (χ0n) is 33.2. The average molecular weight is 695 g/mol. The Labute approximate surface area is 310 Å². The van der Waals surface area contributed by atoms with E-state index in [2.05, 4.69) is 32.0 Å². The second-order valence-corrected chi connectivity index (χ2v) is 17.3. The molecule has 0 spiro atoms. The molecule has 288 valence electrons. The lowest BCUT2D eigenvalue weighted by molar-refractivity contribution is -0.0200. The lowest BCUT2D eigenvalue weighted by Gasteiger charge is -2.40. The molecule has 0 heterocycles. The fraction of sp³-hybridized carbons (Fsp3) is 0.870. The van der Waals surface area contributed by atoms with Crippen LogP contribution < -0.4 is 16.2 Å². The maximum Gasteiger partial charge on any atom is 0.119 e. The highest BCUT2D eigenvalue weighted by Crippen LogP contribution is 2.45. The maximum absolute atomic E-state index is 6.58. The van der Waals surface area contributed by atoms with Crippen molar-refractivity contribution in [3.63, 3.8) is 0 Å². The fourth-order valence-electron chi connectivity index (χ4n) is 10.3. The lowest BCUT2D eigenvalue weighted by Crippen LogP contribution is -2.33. The van der Waals surface area contributed by atoms with Crippen LogP contribution in [0.15, 0.2) is 18.2 Å². The van der Waals surface area contributed by atoms with Crippen molar-refractivity contribution in [1.82, 2.24) is 0 Å². The molecule has 3 aliphatic rings. The summed E-state index contributed by atoms with van der Waals surface area (Å²) in [5, 5.41) is 0. The minimum Gasteiger partial charge on any atom is -0.494 e. The summed E-state index contributed by atoms with van der Waals surface area (Å²) in [5.41, 5.74) is 14.7. The Kier molecular flexibility index (Phi) is 20.8. The van der Waals surface area contributed by atoms with Gasteiger partial charge in [0.2, 0.25) is 0 Å². The van der Waals surface area contributed by atoms with Gasteiger partial charge < -0.3 is 20.9 Å². The number of benzene rings is 1. The second-order valence-electron chi connectivity index (χ2n) is 17.3. The largest absolute Gasteiger partial charge is 0.494 e. The topological polar surface area (TPSA) is 70.5 Å². The summed E-state index contributed by atoms with van der Waals surface area (Å²) >= 11 is 0. The molecule has 0 radical (unpaired) electrons. The van der Waals surface area contributed by atoms with E-state index in [1.165, 1.54) is 166 Å². The zero-order valence-corrected chi connectivity index (χ0v) is 33.2. The van der Waals surface area contributed by atoms with Crippen molar-refractivity contribution in [1.29, 1.82) is 0 Å². The summed E-state index contributed by atoms with van der Waals surface area (Å²) in [6, 6.07) is 7.27. The first kappa shape index (κ1) is 41.7. The van der Waals surface area contributed by atoms with Gasteiger partial charge in [-0.2, -0.15) is 0 Å². The predicted molar refractivity (Wildman–Crippen MR) is 215 cm³/mol. The number of aryl methyl sites for hydroxylation is 1. The summed E-state index contributed by atoms with van der Waals surface area (Å²) in [6.45, 7) is 7.66. The minimum absolute atomic E-state index is 0.456. The molecule has 0 saturated heterocycles. The molecule has 0 amide bonds. The van der Waals surface area contributed by atoms with Crippen molar-refractivity contribution >= 4 is 0 Å². The normalized spacial score (nSPS) is 25.5. The van der Waals surface area contributed by atoms with Crippen molar-refractivity contribution in [2.75, 3.05) is 26.3 Å². The first-order chi connectivity index (χ1) is 24.6. The van der Waals surface area contributed by atoms with E-state index in [4.69, 9.17) is 20.9 Å². The van der Waals surface area contributed by atoms with E-state index in [0.717, 1.165) is 67.9 Å². The highest BCUT2D eigenvalue weighted by atomic mass is 16.5. The van der Waals surface area contributed by atoms with Crippen LogP contribution in [0, 0.1) is 29.6 Å². The van der Waals surface area contributed by atoms with Crippen LogP contribution in [0.25, 0.3) is 0 Å². The van der Waals surface area contributed by atoms with Crippen LogP contribution in [0.2, 0.25) is 0 Å². The lowest BCUT2D eigenvalue weighted by atomic mass is 9.68. The van der Waals surface area contributed by atoms with E-state index in [1.807, 2.05) is 0 Å². The van der Waals surface area contributed by atoms with E-state index in [9.17, 15) is 0 Å². The summed E-state index contributed by atoms with van der Waals surface area (Å²) in [7, 11) is 0. The molecule has 0 bridgehead atoms. The van der Waals surface area contributed by atoms with E-state index in [1.54, 1.807) is 5.56 Å². The third-order valence-electron chi connectivity index (χ3n) is 13.2. The van der Waals surface area contributed by atoms with Crippen LogP contribution in [0.3, 0.4) is 0 Å². The molecule has 3 aliphatic carbocycles. The predicted octanol–water partition coefficient (Wildman–Crippen LogP) is 12.3. The van der Waals surface area contributed by atoms with Gasteiger partial charge in [-0.05, 0) is 136 Å². The number of rotatable bonds is 25. The average Bonchev–Trinajstić information content (AvgIpc) is 3.14. The van der Waals surface area contributed by atoms with Gasteiger partial charge in [-0.15, -0.1) is 0 Å². The molecule has 1 aromatic rings. The van der Waals surface area contributed by atoms with Crippen molar-refractivity contribution in [3.8, 4) is 5.75 Å². The zero-order chi connectivity index (χ0) is 35.2. The Morgan fingerprint density at radius 2 is 1.40 bits per heavy atom. The molecular weight excluding hydrogens is 613 g/mol. The van der Waals surface area contributed by atoms with E-state index < -0.39 is 0 Å². The molecule has 4 heteroatoms. The highest BCUT2D eigenvalue weighted by molar-refractivity contribution is 5.37. The van der Waals surface area contributed by atoms with Gasteiger partial charge in [0.25, 0.3) is 0 Å². The second kappa shape index (κ2) is 25.0. The highest BCUT2D eigenvalue weighted by Gasteiger charge is 2.34. The van der Waals surface area contributed by atoms with Crippen molar-refractivity contribution in [2.45, 2.75) is 199 Å². The molecule has 0 aromatic heterocycles. The first-order valence-electron chi connectivity index (χ1n) is 22.4. The Hall–Kier alpha value is -1.10. The monoisotopic (exact) mass is 695 g/mol. The van der Waals surface area contributed by atoms with Crippen molar-refractivity contribution in [3.05, 3.63) is 29.3 Å². The van der Waals surface area contributed by atoms with Gasteiger partial charge in [-0.1, -0.05) is 129 Å². The van der Waals surface area contributed by atoms with E-state index in [0.29, 0.717) is 18.6 Å². The molecule has 3 fully saturated rings. The van der Waals surface area contributed by atoms with Gasteiger partial charge in [0.05, 0.1) is 12.7 Å². The van der Waals surface area contributed by atoms with Crippen LogP contribution in [0.5, 0.6) is 5.75 Å². The number of unbranched alkanes of at least 4 members (excludes halogenated alkanes) is 4. The van der Waals surface area contributed by atoms with Crippen LogP contribution in [0.4, 0.5) is 0 Å². The summed E-state index contributed by atoms with van der Waals surface area (Å²) in [6.07, 6.45) is 37.2. The molecule has 4 rings (SSSR count). The molecule has 6 atom stereocenters. The standard InChI is InChI=1S/C46H82N2O2/c1-3-5-8-18-39-31-43(35-45(33-39)49-28-14-26-47)41(22-12-20-37-16-10-7-11-17-37)25-24-38-21-13-23-42(30-38)44-32-40(19-9-6-4-2)34-46(36-44)50-29-15-27-48/h32,34,36-39,41-43,45H,3-31,33,35,47-48H2,1-2H3.